The summed E-state index contributed by atoms with van der Waals surface area (Å²) in [6, 6.07) is -0.379. The number of hydrogen-bond acceptors (Lipinski definition) is 2. The maximum Gasteiger partial charge on any atom is 0.305 e. The van der Waals surface area contributed by atoms with Gasteiger partial charge in [0.25, 0.3) is 5.91 Å². The van der Waals surface area contributed by atoms with Crippen molar-refractivity contribution in [1.29, 1.82) is 0 Å². The molecule has 1 amide bonds. The van der Waals surface area contributed by atoms with E-state index in [-0.39, 0.29) is 12.5 Å². The lowest BCUT2D eigenvalue weighted by Gasteiger charge is -2.07. The zero-order chi connectivity index (χ0) is 9.56. The lowest BCUT2D eigenvalue weighted by Crippen LogP contribution is -2.33. The van der Waals surface area contributed by atoms with Gasteiger partial charge in [0.1, 0.15) is 0 Å². The van der Waals surface area contributed by atoms with Crippen LogP contribution in [0.4, 0.5) is 0 Å². The highest BCUT2D eigenvalue weighted by Gasteiger charge is 2.08. The van der Waals surface area contributed by atoms with Crippen LogP contribution in [0.1, 0.15) is 20.3 Å². The number of carbonyl (C=O) groups is 2. The van der Waals surface area contributed by atoms with Crippen molar-refractivity contribution >= 4 is 11.9 Å². The first-order valence-electron chi connectivity index (χ1n) is 3.51. The van der Waals surface area contributed by atoms with Gasteiger partial charge in [-0.15, -0.1) is 0 Å². The van der Waals surface area contributed by atoms with Crippen LogP contribution in [0, 0.1) is 11.8 Å². The van der Waals surface area contributed by atoms with Crippen LogP contribution in [0.5, 0.6) is 0 Å². The van der Waals surface area contributed by atoms with Gasteiger partial charge in [0.2, 0.25) is 0 Å². The summed E-state index contributed by atoms with van der Waals surface area (Å²) >= 11 is 0. The summed E-state index contributed by atoms with van der Waals surface area (Å²) < 4.78 is 0. The first-order valence-corrected chi connectivity index (χ1v) is 3.51. The third-order valence-corrected chi connectivity index (χ3v) is 1.10. The average Bonchev–Trinajstić information content (AvgIpc) is 1.84. The number of carboxylic acids is 1. The molecule has 0 spiro atoms. The molecule has 1 unspecified atom stereocenters. The Morgan fingerprint density at radius 2 is 2.17 bits per heavy atom. The summed E-state index contributed by atoms with van der Waals surface area (Å²) in [5.74, 6) is 3.30. The molecule has 0 fully saturated rings. The van der Waals surface area contributed by atoms with Crippen molar-refractivity contribution in [2.45, 2.75) is 26.3 Å². The van der Waals surface area contributed by atoms with E-state index in [1.807, 2.05) is 0 Å². The van der Waals surface area contributed by atoms with Gasteiger partial charge in [-0.1, -0.05) is 5.92 Å². The van der Waals surface area contributed by atoms with E-state index < -0.39 is 11.9 Å². The first kappa shape index (κ1) is 10.5. The van der Waals surface area contributed by atoms with Crippen molar-refractivity contribution in [2.75, 3.05) is 0 Å². The normalized spacial score (nSPS) is 10.8. The molecule has 0 rings (SSSR count). The minimum atomic E-state index is -0.938. The first-order chi connectivity index (χ1) is 5.56. The molecule has 0 heterocycles. The predicted molar refractivity (Wildman–Crippen MR) is 43.3 cm³/mol. The van der Waals surface area contributed by atoms with Crippen LogP contribution in [0.3, 0.4) is 0 Å². The molecule has 0 aromatic rings. The van der Waals surface area contributed by atoms with Crippen molar-refractivity contribution in [3.05, 3.63) is 0 Å². The van der Waals surface area contributed by atoms with E-state index in [0.29, 0.717) is 0 Å². The van der Waals surface area contributed by atoms with Crippen LogP contribution in [0.15, 0.2) is 0 Å². The number of carbonyl (C=O) groups excluding carboxylic acids is 1. The van der Waals surface area contributed by atoms with Crippen LogP contribution in [-0.2, 0) is 9.59 Å². The Bertz CT molecular complexity index is 236. The highest BCUT2D eigenvalue weighted by molar-refractivity contribution is 5.93. The molecule has 2 N–H and O–H groups in total. The Morgan fingerprint density at radius 1 is 1.58 bits per heavy atom. The largest absolute Gasteiger partial charge is 0.481 e. The van der Waals surface area contributed by atoms with Gasteiger partial charge >= 0.3 is 5.97 Å². The standard InChI is InChI=1S/C8H11NO3/c1-3-4-7(10)9-6(2)5-8(11)12/h6H,5H2,1-2H3,(H,9,10)(H,11,12). The second-order valence-corrected chi connectivity index (χ2v) is 2.35. The lowest BCUT2D eigenvalue weighted by atomic mass is 10.2. The molecule has 12 heavy (non-hydrogen) atoms. The number of amides is 1. The Hall–Kier alpha value is -1.50. The summed E-state index contributed by atoms with van der Waals surface area (Å²) in [4.78, 5) is 20.9. The molecule has 4 nitrogen and oxygen atoms in total. The monoisotopic (exact) mass is 169 g/mol. The Labute approximate surface area is 71.0 Å². The van der Waals surface area contributed by atoms with Crippen LogP contribution in [-0.4, -0.2) is 23.0 Å². The molecule has 0 radical (unpaired) electrons. The number of hydrogen-bond donors (Lipinski definition) is 2. The molecule has 0 aromatic heterocycles. The third kappa shape index (κ3) is 5.30. The summed E-state index contributed by atoms with van der Waals surface area (Å²) in [7, 11) is 0. The van der Waals surface area contributed by atoms with E-state index in [9.17, 15) is 9.59 Å². The molecule has 0 bridgehead atoms. The maximum atomic E-state index is 10.8. The van der Waals surface area contributed by atoms with Gasteiger partial charge in [-0.25, -0.2) is 0 Å². The quantitative estimate of drug-likeness (QED) is 0.584. The van der Waals surface area contributed by atoms with Crippen LogP contribution in [0.25, 0.3) is 0 Å². The van der Waals surface area contributed by atoms with Gasteiger partial charge in [0, 0.05) is 6.04 Å². The van der Waals surface area contributed by atoms with Crippen molar-refractivity contribution < 1.29 is 14.7 Å². The highest BCUT2D eigenvalue weighted by Crippen LogP contribution is 1.88. The third-order valence-electron chi connectivity index (χ3n) is 1.10. The van der Waals surface area contributed by atoms with Gasteiger partial charge < -0.3 is 10.4 Å². The summed E-state index contributed by atoms with van der Waals surface area (Å²) in [6.45, 7) is 3.16. The van der Waals surface area contributed by atoms with Crippen LogP contribution >= 0.6 is 0 Å². The lowest BCUT2D eigenvalue weighted by molar-refractivity contribution is -0.137. The predicted octanol–water partition coefficient (Wildman–Crippen LogP) is -0.0109. The van der Waals surface area contributed by atoms with Crippen LogP contribution in [0.2, 0.25) is 0 Å². The average molecular weight is 169 g/mol. The fourth-order valence-corrected chi connectivity index (χ4v) is 0.686. The SMILES string of the molecule is CC#CC(=O)NC(C)CC(=O)O. The second-order valence-electron chi connectivity index (χ2n) is 2.35. The fourth-order valence-electron chi connectivity index (χ4n) is 0.686. The van der Waals surface area contributed by atoms with Gasteiger partial charge in [0.05, 0.1) is 6.42 Å². The Kier molecular flexibility index (Phi) is 4.54. The molecule has 0 saturated heterocycles. The van der Waals surface area contributed by atoms with E-state index in [4.69, 9.17) is 5.11 Å². The van der Waals surface area contributed by atoms with Crippen molar-refractivity contribution in [2.24, 2.45) is 0 Å². The molecule has 0 aliphatic carbocycles. The van der Waals surface area contributed by atoms with E-state index in [1.54, 1.807) is 13.8 Å². The second kappa shape index (κ2) is 5.19. The molecule has 0 aliphatic rings. The van der Waals surface area contributed by atoms with Gasteiger partial charge in [-0.05, 0) is 19.8 Å². The van der Waals surface area contributed by atoms with Gasteiger partial charge in [-0.3, -0.25) is 9.59 Å². The number of carboxylic acid groups (broad SMARTS) is 1. The maximum absolute atomic E-state index is 10.8. The van der Waals surface area contributed by atoms with Crippen molar-refractivity contribution in [3.8, 4) is 11.8 Å². The number of rotatable bonds is 3. The minimum absolute atomic E-state index is 0.0862. The Morgan fingerprint density at radius 3 is 2.58 bits per heavy atom. The summed E-state index contributed by atoms with van der Waals surface area (Å²) in [5.41, 5.74) is 0. The van der Waals surface area contributed by atoms with Gasteiger partial charge in [-0.2, -0.15) is 0 Å². The fraction of sp³-hybridized carbons (Fsp3) is 0.500. The smallest absolute Gasteiger partial charge is 0.305 e. The summed E-state index contributed by atoms with van der Waals surface area (Å²) in [5, 5.41) is 10.8. The Balaban J connectivity index is 3.81. The molecule has 1 atom stereocenters. The number of aliphatic carboxylic acids is 1. The van der Waals surface area contributed by atoms with Crippen molar-refractivity contribution in [3.63, 3.8) is 0 Å². The molecule has 4 heteroatoms. The minimum Gasteiger partial charge on any atom is -0.481 e. The van der Waals surface area contributed by atoms with E-state index in [2.05, 4.69) is 17.2 Å². The van der Waals surface area contributed by atoms with E-state index in [1.165, 1.54) is 0 Å². The molecule has 0 aliphatic heterocycles. The summed E-state index contributed by atoms with van der Waals surface area (Å²) in [6.07, 6.45) is -0.0862. The zero-order valence-corrected chi connectivity index (χ0v) is 7.05. The van der Waals surface area contributed by atoms with E-state index in [0.717, 1.165) is 0 Å². The van der Waals surface area contributed by atoms with Crippen molar-refractivity contribution in [1.82, 2.24) is 5.32 Å². The molecular formula is C8H11NO3. The molecule has 0 saturated carbocycles. The van der Waals surface area contributed by atoms with Crippen LogP contribution < -0.4 is 5.32 Å². The number of nitrogens with one attached hydrogen (secondary N) is 1. The zero-order valence-electron chi connectivity index (χ0n) is 7.05. The topological polar surface area (TPSA) is 66.4 Å². The molecule has 0 aromatic carbocycles. The molecule has 66 valence electrons. The molecular weight excluding hydrogens is 158 g/mol. The van der Waals surface area contributed by atoms with Gasteiger partial charge in [0.15, 0.2) is 0 Å². The van der Waals surface area contributed by atoms with E-state index >= 15 is 0 Å². The highest BCUT2D eigenvalue weighted by atomic mass is 16.4.